The average molecular weight is 506 g/mol. The maximum Gasteiger partial charge on any atom is 0.323 e. The molecule has 1 heterocycles. The normalized spacial score (nSPS) is 16.5. The van der Waals surface area contributed by atoms with E-state index in [2.05, 4.69) is 45.0 Å². The van der Waals surface area contributed by atoms with Crippen LogP contribution >= 0.6 is 11.6 Å². The first kappa shape index (κ1) is 25.8. The van der Waals surface area contributed by atoms with Gasteiger partial charge in [0.25, 0.3) is 5.91 Å². The van der Waals surface area contributed by atoms with Gasteiger partial charge in [-0.2, -0.15) is 0 Å². The number of rotatable bonds is 9. The minimum absolute atomic E-state index is 0.296. The van der Waals surface area contributed by atoms with Gasteiger partial charge < -0.3 is 14.7 Å². The molecule has 0 saturated heterocycles. The Morgan fingerprint density at radius 2 is 1.69 bits per heavy atom. The minimum Gasteiger partial charge on any atom is -0.487 e. The molecule has 1 atom stereocenters. The fourth-order valence-electron chi connectivity index (χ4n) is 4.72. The Kier molecular flexibility index (Phi) is 7.70. The highest BCUT2D eigenvalue weighted by molar-refractivity contribution is 6.30. The summed E-state index contributed by atoms with van der Waals surface area (Å²) in [5.41, 5.74) is 4.54. The zero-order valence-corrected chi connectivity index (χ0v) is 21.7. The van der Waals surface area contributed by atoms with Crippen LogP contribution in [0.2, 0.25) is 5.02 Å². The lowest BCUT2D eigenvalue weighted by Gasteiger charge is -2.24. The molecule has 0 aliphatic carbocycles. The van der Waals surface area contributed by atoms with Crippen LogP contribution in [0.1, 0.15) is 59.3 Å². The predicted octanol–water partition coefficient (Wildman–Crippen LogP) is 6.17. The summed E-state index contributed by atoms with van der Waals surface area (Å²) >= 11 is 5.95. The summed E-state index contributed by atoms with van der Waals surface area (Å²) in [4.78, 5) is 26.1. The van der Waals surface area contributed by atoms with Crippen molar-refractivity contribution in [3.8, 4) is 5.75 Å². The Hall–Kier alpha value is -3.31. The topological polar surface area (TPSA) is 66.8 Å². The maximum absolute atomic E-state index is 13.3. The Morgan fingerprint density at radius 3 is 2.33 bits per heavy atom. The summed E-state index contributed by atoms with van der Waals surface area (Å²) in [5.74, 6) is -0.0738. The lowest BCUT2D eigenvalue weighted by Crippen LogP contribution is -2.37. The van der Waals surface area contributed by atoms with Crippen molar-refractivity contribution in [3.05, 3.63) is 99.6 Å². The Labute approximate surface area is 217 Å². The second-order valence-corrected chi connectivity index (χ2v) is 10.6. The standard InChI is InChI=1S/C30H32ClNO4/c1-20(2)23-8-4-22(5-9-23)17-30(3)18-25-16-24(10-13-27(25)36-30)29(35)32(19-28(33)34)15-14-21-6-11-26(31)12-7-21/h4-13,16,20H,14-15,17-19H2,1-3H3,(H,33,34)/t30-/m1/s1. The zero-order chi connectivity index (χ0) is 25.9. The van der Waals surface area contributed by atoms with Crippen LogP contribution in [0.15, 0.2) is 66.7 Å². The summed E-state index contributed by atoms with van der Waals surface area (Å²) in [6.07, 6.45) is 1.98. The molecule has 0 bridgehead atoms. The third kappa shape index (κ3) is 6.27. The molecule has 0 saturated carbocycles. The quantitative estimate of drug-likeness (QED) is 0.377. The van der Waals surface area contributed by atoms with Crippen LogP contribution in [-0.2, 0) is 24.1 Å². The number of carboxylic acid groups (broad SMARTS) is 1. The van der Waals surface area contributed by atoms with Crippen molar-refractivity contribution >= 4 is 23.5 Å². The van der Waals surface area contributed by atoms with Gasteiger partial charge in [-0.15, -0.1) is 0 Å². The Morgan fingerprint density at radius 1 is 1.03 bits per heavy atom. The van der Waals surface area contributed by atoms with Crippen molar-refractivity contribution in [2.24, 2.45) is 0 Å². The first-order chi connectivity index (χ1) is 17.1. The van der Waals surface area contributed by atoms with E-state index in [1.165, 1.54) is 16.0 Å². The molecule has 188 valence electrons. The van der Waals surface area contributed by atoms with E-state index < -0.39 is 11.6 Å². The van der Waals surface area contributed by atoms with Crippen molar-refractivity contribution in [2.75, 3.05) is 13.1 Å². The number of carboxylic acids is 1. The Balaban J connectivity index is 1.46. The van der Waals surface area contributed by atoms with Crippen LogP contribution in [-0.4, -0.2) is 40.6 Å². The van der Waals surface area contributed by atoms with E-state index in [1.807, 2.05) is 24.3 Å². The van der Waals surface area contributed by atoms with Gasteiger partial charge in [-0.3, -0.25) is 9.59 Å². The lowest BCUT2D eigenvalue weighted by molar-refractivity contribution is -0.137. The highest BCUT2D eigenvalue weighted by Gasteiger charge is 2.35. The molecule has 0 spiro atoms. The van der Waals surface area contributed by atoms with Gasteiger partial charge in [-0.1, -0.05) is 61.8 Å². The molecule has 0 fully saturated rings. The fraction of sp³-hybridized carbons (Fsp3) is 0.333. The molecular formula is C30H32ClNO4. The summed E-state index contributed by atoms with van der Waals surface area (Å²) in [6, 6.07) is 21.4. The number of fused-ring (bicyclic) bond motifs is 1. The van der Waals surface area contributed by atoms with E-state index in [1.54, 1.807) is 18.2 Å². The van der Waals surface area contributed by atoms with Gasteiger partial charge in [-0.25, -0.2) is 0 Å². The summed E-state index contributed by atoms with van der Waals surface area (Å²) < 4.78 is 6.32. The number of halogens is 1. The van der Waals surface area contributed by atoms with Crippen LogP contribution in [0.4, 0.5) is 0 Å². The van der Waals surface area contributed by atoms with Crippen LogP contribution in [0.3, 0.4) is 0 Å². The van der Waals surface area contributed by atoms with Gasteiger partial charge in [0.05, 0.1) is 0 Å². The van der Waals surface area contributed by atoms with Crippen molar-refractivity contribution < 1.29 is 19.4 Å². The number of ether oxygens (including phenoxy) is 1. The first-order valence-corrected chi connectivity index (χ1v) is 12.7. The van der Waals surface area contributed by atoms with Crippen LogP contribution in [0, 0.1) is 0 Å². The van der Waals surface area contributed by atoms with E-state index in [9.17, 15) is 14.7 Å². The highest BCUT2D eigenvalue weighted by atomic mass is 35.5. The van der Waals surface area contributed by atoms with Crippen LogP contribution < -0.4 is 4.74 Å². The van der Waals surface area contributed by atoms with E-state index in [0.717, 1.165) is 23.3 Å². The molecule has 4 rings (SSSR count). The number of amides is 1. The van der Waals surface area contributed by atoms with Gasteiger partial charge in [0.1, 0.15) is 17.9 Å². The average Bonchev–Trinajstić information content (AvgIpc) is 3.17. The van der Waals surface area contributed by atoms with Crippen molar-refractivity contribution in [1.29, 1.82) is 0 Å². The molecule has 3 aromatic rings. The molecule has 1 aliphatic heterocycles. The number of carbonyl (C=O) groups excluding carboxylic acids is 1. The van der Waals surface area contributed by atoms with Crippen molar-refractivity contribution in [1.82, 2.24) is 4.90 Å². The lowest BCUT2D eigenvalue weighted by atomic mass is 9.90. The highest BCUT2D eigenvalue weighted by Crippen LogP contribution is 2.38. The molecule has 0 radical (unpaired) electrons. The number of nitrogens with zero attached hydrogens (tertiary/aromatic N) is 1. The molecule has 1 N–H and O–H groups in total. The molecule has 6 heteroatoms. The monoisotopic (exact) mass is 505 g/mol. The van der Waals surface area contributed by atoms with Crippen molar-refractivity contribution in [3.63, 3.8) is 0 Å². The molecule has 0 aromatic heterocycles. The minimum atomic E-state index is -1.04. The van der Waals surface area contributed by atoms with Gasteiger partial charge >= 0.3 is 5.97 Å². The van der Waals surface area contributed by atoms with Gasteiger partial charge in [0.2, 0.25) is 0 Å². The first-order valence-electron chi connectivity index (χ1n) is 12.3. The number of carbonyl (C=O) groups is 2. The number of hydrogen-bond donors (Lipinski definition) is 1. The van der Waals surface area contributed by atoms with E-state index in [0.29, 0.717) is 35.9 Å². The summed E-state index contributed by atoms with van der Waals surface area (Å²) in [5, 5.41) is 10.0. The largest absolute Gasteiger partial charge is 0.487 e. The second kappa shape index (κ2) is 10.8. The van der Waals surface area contributed by atoms with Gasteiger partial charge in [-0.05, 0) is 71.8 Å². The SMILES string of the molecule is CC(C)c1ccc(C[C@]2(C)Cc3cc(C(=O)N(CCc4ccc(Cl)cc4)CC(=O)O)ccc3O2)cc1. The van der Waals surface area contributed by atoms with E-state index >= 15 is 0 Å². The third-order valence-corrected chi connectivity index (χ3v) is 6.90. The fourth-order valence-corrected chi connectivity index (χ4v) is 4.84. The Bertz CT molecular complexity index is 1240. The summed E-state index contributed by atoms with van der Waals surface area (Å²) in [7, 11) is 0. The van der Waals surface area contributed by atoms with Gasteiger partial charge in [0, 0.05) is 30.0 Å². The number of aliphatic carboxylic acids is 1. The van der Waals surface area contributed by atoms with Crippen LogP contribution in [0.5, 0.6) is 5.75 Å². The molecule has 3 aromatic carbocycles. The molecule has 1 amide bonds. The molecule has 36 heavy (non-hydrogen) atoms. The number of hydrogen-bond acceptors (Lipinski definition) is 3. The smallest absolute Gasteiger partial charge is 0.323 e. The molecule has 5 nitrogen and oxygen atoms in total. The molecular weight excluding hydrogens is 474 g/mol. The predicted molar refractivity (Wildman–Crippen MR) is 142 cm³/mol. The zero-order valence-electron chi connectivity index (χ0n) is 21.0. The molecule has 1 aliphatic rings. The number of benzene rings is 3. The second-order valence-electron chi connectivity index (χ2n) is 10.1. The van der Waals surface area contributed by atoms with E-state index in [-0.39, 0.29) is 12.5 Å². The van der Waals surface area contributed by atoms with Gasteiger partial charge in [0.15, 0.2) is 0 Å². The van der Waals surface area contributed by atoms with Crippen LogP contribution in [0.25, 0.3) is 0 Å². The third-order valence-electron chi connectivity index (χ3n) is 6.65. The van der Waals surface area contributed by atoms with Crippen molar-refractivity contribution in [2.45, 2.75) is 51.6 Å². The maximum atomic E-state index is 13.3. The summed E-state index contributed by atoms with van der Waals surface area (Å²) in [6.45, 7) is 6.39. The molecule has 0 unspecified atom stereocenters. The van der Waals surface area contributed by atoms with E-state index in [4.69, 9.17) is 16.3 Å².